The SMILES string of the molecule is CN1C(=O)N(C)C2N=C(NCCN3CCOCC3)NC2C1=S. The van der Waals surface area contributed by atoms with Crippen LogP contribution in [0.25, 0.3) is 0 Å². The fourth-order valence-corrected chi connectivity index (χ4v) is 3.13. The summed E-state index contributed by atoms with van der Waals surface area (Å²) in [4.78, 5) is 22.6. The summed E-state index contributed by atoms with van der Waals surface area (Å²) in [5.41, 5.74) is 0. The molecular formula is C13H22N6O2S. The number of fused-ring (bicyclic) bond motifs is 1. The minimum Gasteiger partial charge on any atom is -0.379 e. The van der Waals surface area contributed by atoms with Crippen LogP contribution in [0.2, 0.25) is 0 Å². The summed E-state index contributed by atoms with van der Waals surface area (Å²) < 4.78 is 5.33. The lowest BCUT2D eigenvalue weighted by molar-refractivity contribution is 0.0389. The van der Waals surface area contributed by atoms with E-state index in [1.807, 2.05) is 0 Å². The second-order valence-electron chi connectivity index (χ2n) is 5.68. The Morgan fingerprint density at radius 2 is 2.14 bits per heavy atom. The van der Waals surface area contributed by atoms with Gasteiger partial charge in [-0.25, -0.2) is 9.79 Å². The standard InChI is InChI=1S/C13H22N6O2S/c1-17-10-9(11(22)18(2)13(17)20)15-12(16-10)14-3-4-19-5-7-21-8-6-19/h9-10H,3-8H2,1-2H3,(H2,14,15,16). The van der Waals surface area contributed by atoms with E-state index >= 15 is 0 Å². The Balaban J connectivity index is 1.53. The van der Waals surface area contributed by atoms with Crippen molar-refractivity contribution >= 4 is 29.2 Å². The van der Waals surface area contributed by atoms with Gasteiger partial charge in [-0.3, -0.25) is 9.80 Å². The number of carbonyl (C=O) groups is 1. The van der Waals surface area contributed by atoms with Crippen molar-refractivity contribution in [2.75, 3.05) is 53.5 Å². The number of ether oxygens (including phenoxy) is 1. The number of amides is 2. The lowest BCUT2D eigenvalue weighted by Gasteiger charge is -2.38. The minimum absolute atomic E-state index is 0.119. The summed E-state index contributed by atoms with van der Waals surface area (Å²) in [6.45, 7) is 5.29. The highest BCUT2D eigenvalue weighted by molar-refractivity contribution is 7.80. The highest BCUT2D eigenvalue weighted by Crippen LogP contribution is 2.20. The lowest BCUT2D eigenvalue weighted by atomic mass is 10.2. The Labute approximate surface area is 135 Å². The van der Waals surface area contributed by atoms with Gasteiger partial charge in [-0.1, -0.05) is 12.2 Å². The zero-order chi connectivity index (χ0) is 15.7. The Hall–Kier alpha value is -1.45. The fraction of sp³-hybridized carbons (Fsp3) is 0.769. The summed E-state index contributed by atoms with van der Waals surface area (Å²) in [5, 5.41) is 6.58. The highest BCUT2D eigenvalue weighted by atomic mass is 32.1. The number of likely N-dealkylation sites (N-methyl/N-ethyl adjacent to an activating group) is 2. The van der Waals surface area contributed by atoms with E-state index in [-0.39, 0.29) is 18.2 Å². The lowest BCUT2D eigenvalue weighted by Crippen LogP contribution is -2.62. The molecule has 0 aliphatic carbocycles. The van der Waals surface area contributed by atoms with Gasteiger partial charge in [-0.05, 0) is 0 Å². The number of nitrogens with zero attached hydrogens (tertiary/aromatic N) is 4. The predicted molar refractivity (Wildman–Crippen MR) is 86.9 cm³/mol. The van der Waals surface area contributed by atoms with Gasteiger partial charge >= 0.3 is 6.03 Å². The molecule has 3 rings (SSSR count). The molecule has 0 aromatic rings. The molecule has 22 heavy (non-hydrogen) atoms. The van der Waals surface area contributed by atoms with Crippen LogP contribution in [0.4, 0.5) is 4.79 Å². The highest BCUT2D eigenvalue weighted by Gasteiger charge is 2.44. The molecule has 0 bridgehead atoms. The molecule has 2 amide bonds. The molecule has 3 heterocycles. The monoisotopic (exact) mass is 326 g/mol. The molecule has 0 aromatic heterocycles. The van der Waals surface area contributed by atoms with Crippen LogP contribution < -0.4 is 10.6 Å². The van der Waals surface area contributed by atoms with Gasteiger partial charge < -0.3 is 20.3 Å². The van der Waals surface area contributed by atoms with Gasteiger partial charge in [0.25, 0.3) is 0 Å². The van der Waals surface area contributed by atoms with Crippen molar-refractivity contribution in [3.63, 3.8) is 0 Å². The maximum absolute atomic E-state index is 12.0. The number of urea groups is 1. The predicted octanol–water partition coefficient (Wildman–Crippen LogP) is -1.11. The van der Waals surface area contributed by atoms with Crippen LogP contribution in [0.3, 0.4) is 0 Å². The second kappa shape index (κ2) is 6.35. The van der Waals surface area contributed by atoms with Crippen molar-refractivity contribution in [3.05, 3.63) is 0 Å². The number of rotatable bonds is 3. The Kier molecular flexibility index (Phi) is 4.46. The molecule has 8 nitrogen and oxygen atoms in total. The molecule has 0 saturated carbocycles. The smallest absolute Gasteiger partial charge is 0.326 e. The molecule has 0 spiro atoms. The quantitative estimate of drug-likeness (QED) is 0.641. The van der Waals surface area contributed by atoms with Gasteiger partial charge in [0.15, 0.2) is 12.1 Å². The molecule has 2 fully saturated rings. The first kappa shape index (κ1) is 15.4. The molecular weight excluding hydrogens is 304 g/mol. The van der Waals surface area contributed by atoms with Crippen LogP contribution in [0.5, 0.6) is 0 Å². The number of nitrogens with one attached hydrogen (secondary N) is 2. The molecule has 3 aliphatic heterocycles. The second-order valence-corrected chi connectivity index (χ2v) is 6.10. The Morgan fingerprint density at radius 3 is 2.86 bits per heavy atom. The van der Waals surface area contributed by atoms with E-state index in [0.29, 0.717) is 10.9 Å². The van der Waals surface area contributed by atoms with E-state index in [9.17, 15) is 4.79 Å². The first-order valence-electron chi connectivity index (χ1n) is 7.50. The minimum atomic E-state index is -0.262. The van der Waals surface area contributed by atoms with E-state index in [0.717, 1.165) is 39.4 Å². The van der Waals surface area contributed by atoms with E-state index in [2.05, 4.69) is 20.5 Å². The number of aliphatic imine (C=N–C) groups is 1. The van der Waals surface area contributed by atoms with Crippen LogP contribution in [-0.2, 0) is 4.74 Å². The van der Waals surface area contributed by atoms with Gasteiger partial charge in [-0.15, -0.1) is 0 Å². The summed E-state index contributed by atoms with van der Waals surface area (Å²) in [6.07, 6.45) is -0.262. The molecule has 2 unspecified atom stereocenters. The molecule has 2 atom stereocenters. The van der Waals surface area contributed by atoms with Crippen LogP contribution in [0.15, 0.2) is 4.99 Å². The number of carbonyl (C=O) groups excluding carboxylic acids is 1. The number of morpholine rings is 1. The van der Waals surface area contributed by atoms with Crippen molar-refractivity contribution in [2.24, 2.45) is 4.99 Å². The zero-order valence-electron chi connectivity index (χ0n) is 12.9. The number of hydrogen-bond acceptors (Lipinski definition) is 7. The molecule has 0 radical (unpaired) electrons. The van der Waals surface area contributed by atoms with Crippen LogP contribution >= 0.6 is 12.2 Å². The largest absolute Gasteiger partial charge is 0.379 e. The maximum atomic E-state index is 12.0. The van der Waals surface area contributed by atoms with Crippen molar-refractivity contribution in [1.29, 1.82) is 0 Å². The van der Waals surface area contributed by atoms with Gasteiger partial charge in [0.05, 0.1) is 13.2 Å². The summed E-state index contributed by atoms with van der Waals surface area (Å²) in [5.74, 6) is 0.709. The Bertz CT molecular complexity index is 493. The number of thiocarbonyl (C=S) groups is 1. The van der Waals surface area contributed by atoms with Gasteiger partial charge in [0, 0.05) is 40.3 Å². The van der Waals surface area contributed by atoms with Crippen molar-refractivity contribution < 1.29 is 9.53 Å². The van der Waals surface area contributed by atoms with Gasteiger partial charge in [0.2, 0.25) is 0 Å². The Morgan fingerprint density at radius 1 is 1.41 bits per heavy atom. The van der Waals surface area contributed by atoms with Crippen LogP contribution in [0.1, 0.15) is 0 Å². The van der Waals surface area contributed by atoms with Crippen LogP contribution in [0, 0.1) is 0 Å². The van der Waals surface area contributed by atoms with Crippen molar-refractivity contribution in [1.82, 2.24) is 25.3 Å². The first-order chi connectivity index (χ1) is 10.6. The number of guanidine groups is 1. The number of hydrogen-bond donors (Lipinski definition) is 2. The average Bonchev–Trinajstić information content (AvgIpc) is 2.96. The molecule has 9 heteroatoms. The maximum Gasteiger partial charge on any atom is 0.326 e. The molecule has 122 valence electrons. The van der Waals surface area contributed by atoms with E-state index < -0.39 is 0 Å². The van der Waals surface area contributed by atoms with Crippen LogP contribution in [-0.4, -0.2) is 97.4 Å². The van der Waals surface area contributed by atoms with E-state index in [1.165, 1.54) is 4.90 Å². The molecule has 0 aromatic carbocycles. The molecule has 3 aliphatic rings. The topological polar surface area (TPSA) is 72.4 Å². The average molecular weight is 326 g/mol. The molecule has 2 saturated heterocycles. The van der Waals surface area contributed by atoms with Crippen molar-refractivity contribution in [2.45, 2.75) is 12.2 Å². The van der Waals surface area contributed by atoms with Crippen molar-refractivity contribution in [3.8, 4) is 0 Å². The normalized spacial score (nSPS) is 29.3. The van der Waals surface area contributed by atoms with E-state index in [1.54, 1.807) is 19.0 Å². The summed E-state index contributed by atoms with van der Waals surface area (Å²) in [6, 6.07) is -0.250. The van der Waals surface area contributed by atoms with E-state index in [4.69, 9.17) is 17.0 Å². The third-order valence-electron chi connectivity index (χ3n) is 4.26. The molecule has 2 N–H and O–H groups in total. The summed E-state index contributed by atoms with van der Waals surface area (Å²) in [7, 11) is 3.45. The summed E-state index contributed by atoms with van der Waals surface area (Å²) >= 11 is 5.36. The van der Waals surface area contributed by atoms with Gasteiger partial charge in [-0.2, -0.15) is 0 Å². The fourth-order valence-electron chi connectivity index (χ4n) is 2.87. The third kappa shape index (κ3) is 2.88. The zero-order valence-corrected chi connectivity index (χ0v) is 13.7. The first-order valence-corrected chi connectivity index (χ1v) is 7.91. The third-order valence-corrected chi connectivity index (χ3v) is 4.79. The van der Waals surface area contributed by atoms with Gasteiger partial charge in [0.1, 0.15) is 11.0 Å².